The minimum atomic E-state index is 0.712. The third kappa shape index (κ3) is 2.00. The molecule has 3 aromatic rings. The van der Waals surface area contributed by atoms with Crippen LogP contribution in [0.15, 0.2) is 30.5 Å². The number of hydrogen-bond donors (Lipinski definition) is 2. The molecule has 0 atom stereocenters. The fraction of sp³-hybridized carbons (Fsp3) is 0.333. The van der Waals surface area contributed by atoms with Gasteiger partial charge in [-0.3, -0.25) is 0 Å². The van der Waals surface area contributed by atoms with Gasteiger partial charge in [-0.2, -0.15) is 5.10 Å². The molecule has 1 aliphatic rings. The van der Waals surface area contributed by atoms with E-state index in [4.69, 9.17) is 0 Å². The largest absolute Gasteiger partial charge is 0.322 e. The van der Waals surface area contributed by atoms with Crippen LogP contribution in [0.2, 0.25) is 0 Å². The SMILES string of the molecule is Cc1c(CNC2CC2)cnn1-c1nc2ccccc2[nH]1. The first-order chi connectivity index (χ1) is 9.81. The number of aromatic nitrogens is 4. The van der Waals surface area contributed by atoms with Crippen molar-refractivity contribution in [3.8, 4) is 5.95 Å². The lowest BCUT2D eigenvalue weighted by atomic mass is 10.2. The number of nitrogens with one attached hydrogen (secondary N) is 2. The summed E-state index contributed by atoms with van der Waals surface area (Å²) in [4.78, 5) is 7.90. The van der Waals surface area contributed by atoms with Crippen LogP contribution in [-0.2, 0) is 6.54 Å². The molecule has 4 rings (SSSR count). The molecule has 0 saturated heterocycles. The van der Waals surface area contributed by atoms with Crippen molar-refractivity contribution in [3.05, 3.63) is 41.7 Å². The molecule has 2 N–H and O–H groups in total. The molecule has 1 aromatic carbocycles. The molecule has 0 spiro atoms. The van der Waals surface area contributed by atoms with Crippen molar-refractivity contribution in [1.29, 1.82) is 0 Å². The Hall–Kier alpha value is -2.14. The lowest BCUT2D eigenvalue weighted by Crippen LogP contribution is -2.15. The van der Waals surface area contributed by atoms with E-state index in [-0.39, 0.29) is 0 Å². The van der Waals surface area contributed by atoms with Crippen LogP contribution in [0.1, 0.15) is 24.1 Å². The number of imidazole rings is 1. The maximum Gasteiger partial charge on any atom is 0.229 e. The van der Waals surface area contributed by atoms with Gasteiger partial charge in [0, 0.05) is 23.8 Å². The van der Waals surface area contributed by atoms with Crippen LogP contribution in [0.25, 0.3) is 17.0 Å². The predicted octanol–water partition coefficient (Wildman–Crippen LogP) is 2.31. The van der Waals surface area contributed by atoms with Crippen molar-refractivity contribution in [3.63, 3.8) is 0 Å². The van der Waals surface area contributed by atoms with Gasteiger partial charge in [0.25, 0.3) is 0 Å². The van der Waals surface area contributed by atoms with Crippen LogP contribution in [0.3, 0.4) is 0 Å². The zero-order valence-electron chi connectivity index (χ0n) is 11.4. The monoisotopic (exact) mass is 267 g/mol. The highest BCUT2D eigenvalue weighted by atomic mass is 15.4. The summed E-state index contributed by atoms with van der Waals surface area (Å²) in [5.41, 5.74) is 4.37. The van der Waals surface area contributed by atoms with Crippen LogP contribution >= 0.6 is 0 Å². The topological polar surface area (TPSA) is 58.5 Å². The van der Waals surface area contributed by atoms with Gasteiger partial charge in [-0.25, -0.2) is 9.67 Å². The molecule has 0 aliphatic heterocycles. The highest BCUT2D eigenvalue weighted by Gasteiger charge is 2.21. The van der Waals surface area contributed by atoms with Crippen molar-refractivity contribution in [1.82, 2.24) is 25.1 Å². The molecular weight excluding hydrogens is 250 g/mol. The van der Waals surface area contributed by atoms with E-state index >= 15 is 0 Å². The average molecular weight is 267 g/mol. The number of nitrogens with zero attached hydrogens (tertiary/aromatic N) is 3. The zero-order chi connectivity index (χ0) is 13.5. The third-order valence-corrected chi connectivity index (χ3v) is 3.85. The molecule has 0 radical (unpaired) electrons. The fourth-order valence-corrected chi connectivity index (χ4v) is 2.41. The predicted molar refractivity (Wildman–Crippen MR) is 77.8 cm³/mol. The van der Waals surface area contributed by atoms with Crippen LogP contribution in [-0.4, -0.2) is 25.8 Å². The number of rotatable bonds is 4. The summed E-state index contributed by atoms with van der Waals surface area (Å²) < 4.78 is 1.88. The molecule has 2 heterocycles. The molecule has 1 fully saturated rings. The Morgan fingerprint density at radius 2 is 2.20 bits per heavy atom. The molecule has 1 aliphatic carbocycles. The van der Waals surface area contributed by atoms with Gasteiger partial charge >= 0.3 is 0 Å². The second-order valence-corrected chi connectivity index (χ2v) is 5.40. The van der Waals surface area contributed by atoms with Gasteiger partial charge in [-0.1, -0.05) is 12.1 Å². The van der Waals surface area contributed by atoms with E-state index in [1.807, 2.05) is 35.1 Å². The van der Waals surface area contributed by atoms with Crippen molar-refractivity contribution in [2.45, 2.75) is 32.4 Å². The first-order valence-electron chi connectivity index (χ1n) is 7.03. The van der Waals surface area contributed by atoms with E-state index in [1.54, 1.807) is 0 Å². The Kier molecular flexibility index (Phi) is 2.60. The summed E-state index contributed by atoms with van der Waals surface area (Å²) in [6, 6.07) is 8.74. The molecule has 102 valence electrons. The Bertz CT molecular complexity index is 718. The Balaban J connectivity index is 1.66. The number of H-pyrrole nitrogens is 1. The third-order valence-electron chi connectivity index (χ3n) is 3.85. The number of benzene rings is 1. The van der Waals surface area contributed by atoms with Gasteiger partial charge in [0.05, 0.1) is 17.2 Å². The number of hydrogen-bond acceptors (Lipinski definition) is 3. The molecule has 20 heavy (non-hydrogen) atoms. The highest BCUT2D eigenvalue weighted by molar-refractivity contribution is 5.75. The maximum absolute atomic E-state index is 4.59. The van der Waals surface area contributed by atoms with Crippen LogP contribution in [0.4, 0.5) is 0 Å². The van der Waals surface area contributed by atoms with Crippen LogP contribution in [0.5, 0.6) is 0 Å². The average Bonchev–Trinajstić information content (AvgIpc) is 3.07. The standard InChI is InChI=1S/C15H17N5/c1-10-11(8-16-12-6-7-12)9-17-20(10)15-18-13-4-2-3-5-14(13)19-15/h2-5,9,12,16H,6-8H2,1H3,(H,18,19). The minimum Gasteiger partial charge on any atom is -0.322 e. The van der Waals surface area contributed by atoms with Crippen molar-refractivity contribution >= 4 is 11.0 Å². The zero-order valence-corrected chi connectivity index (χ0v) is 11.4. The van der Waals surface area contributed by atoms with Gasteiger partial charge in [-0.15, -0.1) is 0 Å². The number of para-hydroxylation sites is 2. The molecule has 5 nitrogen and oxygen atoms in total. The number of aromatic amines is 1. The van der Waals surface area contributed by atoms with Gasteiger partial charge in [-0.05, 0) is 31.9 Å². The van der Waals surface area contributed by atoms with Gasteiger partial charge in [0.2, 0.25) is 5.95 Å². The first kappa shape index (κ1) is 11.7. The minimum absolute atomic E-state index is 0.712. The number of fused-ring (bicyclic) bond motifs is 1. The van der Waals surface area contributed by atoms with Crippen LogP contribution in [0, 0.1) is 6.92 Å². The lowest BCUT2D eigenvalue weighted by Gasteiger charge is -2.03. The summed E-state index contributed by atoms with van der Waals surface area (Å²) in [7, 11) is 0. The first-order valence-corrected chi connectivity index (χ1v) is 7.03. The summed E-state index contributed by atoms with van der Waals surface area (Å²) in [6.45, 7) is 2.97. The molecule has 1 saturated carbocycles. The maximum atomic E-state index is 4.59. The van der Waals surface area contributed by atoms with E-state index in [2.05, 4.69) is 27.3 Å². The smallest absolute Gasteiger partial charge is 0.229 e. The second-order valence-electron chi connectivity index (χ2n) is 5.40. The van der Waals surface area contributed by atoms with E-state index < -0.39 is 0 Å². The van der Waals surface area contributed by atoms with E-state index in [0.717, 1.165) is 29.2 Å². The van der Waals surface area contributed by atoms with Gasteiger partial charge in [0.1, 0.15) is 0 Å². The Morgan fingerprint density at radius 1 is 1.35 bits per heavy atom. The van der Waals surface area contributed by atoms with Crippen molar-refractivity contribution in [2.24, 2.45) is 0 Å². The lowest BCUT2D eigenvalue weighted by molar-refractivity contribution is 0.683. The molecular formula is C15H17N5. The molecule has 5 heteroatoms. The summed E-state index contributed by atoms with van der Waals surface area (Å²) >= 11 is 0. The van der Waals surface area contributed by atoms with Gasteiger partial charge in [0.15, 0.2) is 0 Å². The van der Waals surface area contributed by atoms with Crippen molar-refractivity contribution < 1.29 is 0 Å². The summed E-state index contributed by atoms with van der Waals surface area (Å²) in [6.07, 6.45) is 4.53. The molecule has 0 unspecified atom stereocenters. The quantitative estimate of drug-likeness (QED) is 0.762. The van der Waals surface area contributed by atoms with E-state index in [1.165, 1.54) is 18.4 Å². The highest BCUT2D eigenvalue weighted by Crippen LogP contribution is 2.20. The Morgan fingerprint density at radius 3 is 3.00 bits per heavy atom. The van der Waals surface area contributed by atoms with E-state index in [0.29, 0.717) is 6.04 Å². The van der Waals surface area contributed by atoms with Gasteiger partial charge < -0.3 is 10.3 Å². The Labute approximate surface area is 117 Å². The van der Waals surface area contributed by atoms with Crippen molar-refractivity contribution in [2.75, 3.05) is 0 Å². The van der Waals surface area contributed by atoms with Crippen LogP contribution < -0.4 is 5.32 Å². The summed E-state index contributed by atoms with van der Waals surface area (Å²) in [5, 5.41) is 7.98. The summed E-state index contributed by atoms with van der Waals surface area (Å²) in [5.74, 6) is 0.779. The molecule has 2 aromatic heterocycles. The fourth-order valence-electron chi connectivity index (χ4n) is 2.41. The molecule has 0 bridgehead atoms. The normalized spacial score (nSPS) is 15.1. The molecule has 0 amide bonds. The second kappa shape index (κ2) is 4.45. The van der Waals surface area contributed by atoms with E-state index in [9.17, 15) is 0 Å².